The summed E-state index contributed by atoms with van der Waals surface area (Å²) >= 11 is 4.11. The fraction of sp³-hybridized carbons (Fsp3) is 0.600. The Balaban J connectivity index is 1.70. The molecule has 0 aliphatic carbocycles. The van der Waals surface area contributed by atoms with Crippen molar-refractivity contribution >= 4 is 71.8 Å². The highest BCUT2D eigenvalue weighted by Crippen LogP contribution is 2.19. The number of aliphatic carboxylic acids is 1. The van der Waals surface area contributed by atoms with Crippen molar-refractivity contribution in [1.29, 1.82) is 0 Å². The third kappa shape index (κ3) is 18.0. The fourth-order valence-electron chi connectivity index (χ4n) is 6.96. The molecule has 1 saturated heterocycles. The highest BCUT2D eigenvalue weighted by molar-refractivity contribution is 7.80. The number of aliphatic hydroxyl groups is 2. The van der Waals surface area contributed by atoms with E-state index in [9.17, 15) is 63.3 Å². The zero-order valence-electron chi connectivity index (χ0n) is 37.9. The molecular formula is C40H63N15O13S. The summed E-state index contributed by atoms with van der Waals surface area (Å²) in [6.07, 6.45) is 6.05. The Morgan fingerprint density at radius 3 is 1.74 bits per heavy atom. The van der Waals surface area contributed by atoms with Crippen molar-refractivity contribution in [2.45, 2.75) is 119 Å². The molecule has 0 unspecified atom stereocenters. The van der Waals surface area contributed by atoms with Crippen LogP contribution in [-0.2, 0) is 60.8 Å². The highest BCUT2D eigenvalue weighted by Gasteiger charge is 2.39. The van der Waals surface area contributed by atoms with Gasteiger partial charge in [-0.3, -0.25) is 47.9 Å². The van der Waals surface area contributed by atoms with Gasteiger partial charge in [-0.05, 0) is 52.0 Å². The zero-order chi connectivity index (χ0) is 51.2. The summed E-state index contributed by atoms with van der Waals surface area (Å²) in [6, 6.07) is -12.7. The van der Waals surface area contributed by atoms with Gasteiger partial charge < -0.3 is 84.6 Å². The molecule has 69 heavy (non-hydrogen) atoms. The number of carboxylic acids is 1. The van der Waals surface area contributed by atoms with Crippen LogP contribution in [-0.4, -0.2) is 186 Å². The van der Waals surface area contributed by atoms with Gasteiger partial charge >= 0.3 is 5.97 Å². The van der Waals surface area contributed by atoms with Crippen molar-refractivity contribution in [1.82, 2.24) is 62.1 Å². The number of hydrogen-bond donors (Lipinski definition) is 16. The molecule has 0 bridgehead atoms. The number of carboxylic acid groups (broad SMARTS) is 1. The average Bonchev–Trinajstić information content (AvgIpc) is 4.14. The van der Waals surface area contributed by atoms with Gasteiger partial charge in [-0.1, -0.05) is 0 Å². The number of nitrogens with one attached hydrogen (secondary N) is 9. The number of rotatable bonds is 30. The topological polar surface area (TPSA) is 454 Å². The lowest BCUT2D eigenvalue weighted by Gasteiger charge is -2.28. The first-order valence-electron chi connectivity index (χ1n) is 22.0. The summed E-state index contributed by atoms with van der Waals surface area (Å²) in [5.41, 5.74) is 17.9. The van der Waals surface area contributed by atoms with Crippen LogP contribution in [0.1, 0.15) is 63.3 Å². The van der Waals surface area contributed by atoms with Crippen molar-refractivity contribution < 1.29 is 63.3 Å². The summed E-state index contributed by atoms with van der Waals surface area (Å²) in [6.45, 7) is -0.345. The van der Waals surface area contributed by atoms with E-state index in [0.29, 0.717) is 24.2 Å². The number of primary amides is 1. The summed E-state index contributed by atoms with van der Waals surface area (Å²) in [5, 5.41) is 46.1. The van der Waals surface area contributed by atoms with E-state index >= 15 is 0 Å². The van der Waals surface area contributed by atoms with Gasteiger partial charge in [0.05, 0.1) is 43.3 Å². The summed E-state index contributed by atoms with van der Waals surface area (Å²) in [7, 11) is 0. The molecule has 18 N–H and O–H groups in total. The first kappa shape index (κ1) is 56.6. The van der Waals surface area contributed by atoms with E-state index < -0.39 is 133 Å². The molecule has 2 aromatic rings. The largest absolute Gasteiger partial charge is 0.480 e. The van der Waals surface area contributed by atoms with Crippen LogP contribution in [0.3, 0.4) is 0 Å². The molecule has 9 amide bonds. The van der Waals surface area contributed by atoms with Crippen LogP contribution in [0.4, 0.5) is 0 Å². The number of amides is 9. The highest BCUT2D eigenvalue weighted by atomic mass is 32.1. The van der Waals surface area contributed by atoms with E-state index in [1.54, 1.807) is 6.20 Å². The Bertz CT molecular complexity index is 2060. The lowest BCUT2D eigenvalue weighted by atomic mass is 10.0. The SMILES string of the molecule is C[C@H](NC(=O)[C@H](Cc1c[nH]cn1)NC(=O)[C@H](CCC(N)=O)NC(=O)[C@H](CCCCN)NC(=O)[C@H](CO)NC(=O)[C@H](CS)NC(=O)[C@H](CO)NC(=O)[C@@H]1CCCN1C(=O)[C@@H](N)Cc1c[nH]cn1)C(=O)O. The average molecular weight is 994 g/mol. The quantitative estimate of drug-likeness (QED) is 0.0255. The maximum atomic E-state index is 13.8. The van der Waals surface area contributed by atoms with Crippen molar-refractivity contribution in [3.05, 3.63) is 36.4 Å². The molecule has 1 aliphatic rings. The Labute approximate surface area is 401 Å². The molecule has 29 heteroatoms. The van der Waals surface area contributed by atoms with Gasteiger partial charge in [-0.2, -0.15) is 12.6 Å². The molecule has 1 aliphatic heterocycles. The number of likely N-dealkylation sites (tertiary alicyclic amines) is 1. The first-order valence-corrected chi connectivity index (χ1v) is 22.6. The smallest absolute Gasteiger partial charge is 0.325 e. The monoisotopic (exact) mass is 993 g/mol. The molecule has 0 spiro atoms. The zero-order valence-corrected chi connectivity index (χ0v) is 38.7. The third-order valence-corrected chi connectivity index (χ3v) is 11.2. The van der Waals surface area contributed by atoms with Gasteiger partial charge in [0.2, 0.25) is 53.2 Å². The van der Waals surface area contributed by atoms with Crippen LogP contribution >= 0.6 is 12.6 Å². The van der Waals surface area contributed by atoms with E-state index in [1.165, 1.54) is 30.7 Å². The van der Waals surface area contributed by atoms with E-state index in [4.69, 9.17) is 17.2 Å². The van der Waals surface area contributed by atoms with Crippen LogP contribution in [0.2, 0.25) is 0 Å². The summed E-state index contributed by atoms with van der Waals surface area (Å²) in [5.74, 6) is -9.93. The second kappa shape index (κ2) is 28.6. The normalized spacial score (nSPS) is 16.8. The number of aromatic nitrogens is 4. The van der Waals surface area contributed by atoms with Gasteiger partial charge in [-0.25, -0.2) is 9.97 Å². The van der Waals surface area contributed by atoms with Gasteiger partial charge in [0.15, 0.2) is 0 Å². The molecule has 1 fully saturated rings. The Morgan fingerprint density at radius 1 is 0.725 bits per heavy atom. The number of H-pyrrole nitrogens is 2. The van der Waals surface area contributed by atoms with Crippen LogP contribution < -0.4 is 54.4 Å². The molecule has 3 heterocycles. The van der Waals surface area contributed by atoms with E-state index in [1.807, 2.05) is 0 Å². The second-order valence-corrected chi connectivity index (χ2v) is 16.5. The lowest BCUT2D eigenvalue weighted by molar-refractivity contribution is -0.141. The van der Waals surface area contributed by atoms with Gasteiger partial charge in [0.1, 0.15) is 48.3 Å². The maximum Gasteiger partial charge on any atom is 0.325 e. The van der Waals surface area contributed by atoms with Crippen molar-refractivity contribution in [2.75, 3.05) is 32.1 Å². The Kier molecular flexibility index (Phi) is 23.5. The molecule has 2 aromatic heterocycles. The van der Waals surface area contributed by atoms with Crippen molar-refractivity contribution in [3.8, 4) is 0 Å². The number of hydrogen-bond acceptors (Lipinski definition) is 17. The van der Waals surface area contributed by atoms with Gasteiger partial charge in [0.25, 0.3) is 0 Å². The number of nitrogens with zero attached hydrogens (tertiary/aromatic N) is 3. The van der Waals surface area contributed by atoms with Gasteiger partial charge in [0, 0.05) is 44.0 Å². The Hall–Kier alpha value is -6.69. The number of aromatic amines is 2. The standard InChI is InChI=1S/C40H63N15O13S/c1-20(40(67)68)48-34(61)26(12-22-14-45-19-47-22)51-33(60)25(7-8-31(43)58)50-32(59)24(5-2-3-9-41)49-35(62)27(15-56)52-37(64)29(17-69)54-36(63)28(16-57)53-38(65)30-6-4-10-55(30)39(66)23(42)11-21-13-44-18-46-21/h13-14,18-20,23-30,56-57,69H,2-12,15-17,41-42H2,1H3,(H2,43,58)(H,44,46)(H,45,47)(H,48,61)(H,49,62)(H,50,59)(H,51,60)(H,52,64)(H,53,65)(H,54,63)(H,67,68)/t20-,23-,24-,25-,26-,27-,28-,29-,30-/m0/s1. The van der Waals surface area contributed by atoms with E-state index in [-0.39, 0.29) is 57.4 Å². The van der Waals surface area contributed by atoms with Crippen LogP contribution in [0.5, 0.6) is 0 Å². The van der Waals surface area contributed by atoms with Crippen LogP contribution in [0.25, 0.3) is 0 Å². The maximum absolute atomic E-state index is 13.8. The van der Waals surface area contributed by atoms with Crippen molar-refractivity contribution in [3.63, 3.8) is 0 Å². The predicted molar refractivity (Wildman–Crippen MR) is 243 cm³/mol. The fourth-order valence-corrected chi connectivity index (χ4v) is 7.21. The lowest BCUT2D eigenvalue weighted by Crippen LogP contribution is -2.61. The Morgan fingerprint density at radius 2 is 1.22 bits per heavy atom. The number of carbonyl (C=O) groups is 10. The molecule has 0 aromatic carbocycles. The van der Waals surface area contributed by atoms with E-state index in [2.05, 4.69) is 69.8 Å². The van der Waals surface area contributed by atoms with Gasteiger partial charge in [-0.15, -0.1) is 0 Å². The number of imidazole rings is 2. The number of thiol groups is 1. The van der Waals surface area contributed by atoms with E-state index in [0.717, 1.165) is 0 Å². The number of nitrogens with two attached hydrogens (primary N) is 3. The molecule has 0 saturated carbocycles. The minimum atomic E-state index is -1.75. The van der Waals surface area contributed by atoms with Crippen LogP contribution in [0, 0.1) is 0 Å². The first-order chi connectivity index (χ1) is 32.8. The molecule has 9 atom stereocenters. The predicted octanol–water partition coefficient (Wildman–Crippen LogP) is -6.96. The van der Waals surface area contributed by atoms with Crippen molar-refractivity contribution in [2.24, 2.45) is 17.2 Å². The number of unbranched alkanes of at least 4 members (excludes halogenated alkanes) is 1. The molecular weight excluding hydrogens is 931 g/mol. The molecule has 3 rings (SSSR count). The van der Waals surface area contributed by atoms with Crippen LogP contribution in [0.15, 0.2) is 25.0 Å². The minimum absolute atomic E-state index is 0.0868. The molecule has 28 nitrogen and oxygen atoms in total. The third-order valence-electron chi connectivity index (χ3n) is 10.8. The molecule has 0 radical (unpaired) electrons. The number of carbonyl (C=O) groups excluding carboxylic acids is 9. The molecule has 382 valence electrons. The second-order valence-electron chi connectivity index (χ2n) is 16.1. The number of aliphatic hydroxyl groups excluding tert-OH is 2. The summed E-state index contributed by atoms with van der Waals surface area (Å²) in [4.78, 5) is 145. The summed E-state index contributed by atoms with van der Waals surface area (Å²) < 4.78 is 0. The minimum Gasteiger partial charge on any atom is -0.480 e.